The van der Waals surface area contributed by atoms with Crippen molar-refractivity contribution in [3.63, 3.8) is 0 Å². The maximum Gasteiger partial charge on any atom is 0.261 e. The van der Waals surface area contributed by atoms with E-state index in [4.69, 9.17) is 9.15 Å². The van der Waals surface area contributed by atoms with Gasteiger partial charge in [0.05, 0.1) is 12.0 Å². The first-order chi connectivity index (χ1) is 12.0. The molecule has 0 amide bonds. The van der Waals surface area contributed by atoms with Gasteiger partial charge in [0, 0.05) is 5.56 Å². The lowest BCUT2D eigenvalue weighted by atomic mass is 10.2. The molecule has 1 aromatic heterocycles. The minimum absolute atomic E-state index is 0.0482. The summed E-state index contributed by atoms with van der Waals surface area (Å²) in [5.74, 6) is 0.702. The van der Waals surface area contributed by atoms with Gasteiger partial charge in [-0.25, -0.2) is 8.42 Å². The topological polar surface area (TPSA) is 93.2 Å². The van der Waals surface area contributed by atoms with Crippen LogP contribution in [-0.2, 0) is 9.84 Å². The van der Waals surface area contributed by atoms with Crippen LogP contribution in [-0.4, -0.2) is 20.5 Å². The van der Waals surface area contributed by atoms with Crippen LogP contribution >= 0.6 is 0 Å². The molecule has 3 aromatic rings. The van der Waals surface area contributed by atoms with Gasteiger partial charge in [0.15, 0.2) is 5.69 Å². The average Bonchev–Trinajstić information content (AvgIpc) is 3.07. The molecular weight excluding hydrogens is 340 g/mol. The van der Waals surface area contributed by atoms with Crippen LogP contribution in [0.1, 0.15) is 11.3 Å². The van der Waals surface area contributed by atoms with Crippen molar-refractivity contribution in [1.82, 2.24) is 4.98 Å². The third kappa shape index (κ3) is 3.12. The van der Waals surface area contributed by atoms with E-state index in [9.17, 15) is 13.7 Å². The second-order valence-electron chi connectivity index (χ2n) is 5.31. The molecule has 2 aromatic carbocycles. The monoisotopic (exact) mass is 354 g/mol. The molecule has 0 N–H and O–H groups in total. The number of rotatable bonds is 4. The van der Waals surface area contributed by atoms with Gasteiger partial charge in [-0.2, -0.15) is 10.2 Å². The highest BCUT2D eigenvalue weighted by atomic mass is 32.2. The standard InChI is InChI=1S/C18H14N2O4S/c1-12-3-9-15(10-4-12)25(21,22)18-16(11-19)20-17(24-18)13-5-7-14(23-2)8-6-13/h3-10H,1-2H3. The molecule has 0 bridgehead atoms. The number of benzene rings is 2. The average molecular weight is 354 g/mol. The van der Waals surface area contributed by atoms with E-state index in [1.807, 2.05) is 6.92 Å². The van der Waals surface area contributed by atoms with E-state index in [2.05, 4.69) is 4.98 Å². The number of sulfone groups is 1. The van der Waals surface area contributed by atoms with E-state index >= 15 is 0 Å². The molecule has 126 valence electrons. The number of hydrogen-bond acceptors (Lipinski definition) is 6. The summed E-state index contributed by atoms with van der Waals surface area (Å²) in [6, 6.07) is 14.8. The molecule has 0 unspecified atom stereocenters. The zero-order valence-electron chi connectivity index (χ0n) is 13.6. The highest BCUT2D eigenvalue weighted by Gasteiger charge is 2.28. The van der Waals surface area contributed by atoms with Crippen molar-refractivity contribution in [1.29, 1.82) is 5.26 Å². The Morgan fingerprint density at radius 3 is 2.28 bits per heavy atom. The molecule has 0 atom stereocenters. The Kier molecular flexibility index (Phi) is 4.30. The third-order valence-electron chi connectivity index (χ3n) is 3.61. The fraction of sp³-hybridized carbons (Fsp3) is 0.111. The van der Waals surface area contributed by atoms with E-state index in [0.29, 0.717) is 11.3 Å². The maximum absolute atomic E-state index is 12.8. The molecule has 7 heteroatoms. The molecule has 0 spiro atoms. The van der Waals surface area contributed by atoms with Crippen molar-refractivity contribution >= 4 is 9.84 Å². The van der Waals surface area contributed by atoms with E-state index < -0.39 is 14.9 Å². The van der Waals surface area contributed by atoms with Gasteiger partial charge >= 0.3 is 0 Å². The number of aromatic nitrogens is 1. The number of nitrogens with zero attached hydrogens (tertiary/aromatic N) is 2. The summed E-state index contributed by atoms with van der Waals surface area (Å²) in [5, 5.41) is 8.80. The van der Waals surface area contributed by atoms with Gasteiger partial charge in [-0.1, -0.05) is 17.7 Å². The predicted octanol–water partition coefficient (Wildman–Crippen LogP) is 3.36. The second kappa shape index (κ2) is 6.42. The number of nitriles is 1. The molecule has 0 saturated carbocycles. The molecule has 6 nitrogen and oxygen atoms in total. The number of methoxy groups -OCH3 is 1. The van der Waals surface area contributed by atoms with Crippen LogP contribution in [0.25, 0.3) is 11.5 Å². The Labute approximate surface area is 145 Å². The highest BCUT2D eigenvalue weighted by molar-refractivity contribution is 7.91. The summed E-state index contributed by atoms with van der Waals surface area (Å²) in [6.45, 7) is 1.85. The van der Waals surface area contributed by atoms with E-state index in [0.717, 1.165) is 5.56 Å². The van der Waals surface area contributed by atoms with Crippen molar-refractivity contribution in [3.8, 4) is 23.3 Å². The molecule has 0 fully saturated rings. The van der Waals surface area contributed by atoms with E-state index in [-0.39, 0.29) is 16.5 Å². The van der Waals surface area contributed by atoms with Crippen molar-refractivity contribution in [2.75, 3.05) is 7.11 Å². The summed E-state index contributed by atoms with van der Waals surface area (Å²) >= 11 is 0. The number of hydrogen-bond donors (Lipinski definition) is 0. The predicted molar refractivity (Wildman–Crippen MR) is 89.8 cm³/mol. The number of aryl methyl sites for hydroxylation is 1. The molecule has 0 aliphatic carbocycles. The zero-order chi connectivity index (χ0) is 18.0. The fourth-order valence-corrected chi connectivity index (χ4v) is 3.48. The summed E-state index contributed by atoms with van der Waals surface area (Å²) in [7, 11) is -2.43. The Morgan fingerprint density at radius 1 is 1.08 bits per heavy atom. The highest BCUT2D eigenvalue weighted by Crippen LogP contribution is 2.30. The minimum Gasteiger partial charge on any atom is -0.497 e. The van der Waals surface area contributed by atoms with Crippen molar-refractivity contribution in [2.45, 2.75) is 16.9 Å². The van der Waals surface area contributed by atoms with Crippen molar-refractivity contribution in [3.05, 3.63) is 59.8 Å². The Balaban J connectivity index is 2.09. The first kappa shape index (κ1) is 16.7. The van der Waals surface area contributed by atoms with Gasteiger partial charge in [0.2, 0.25) is 15.7 Å². The van der Waals surface area contributed by atoms with Crippen LogP contribution in [0, 0.1) is 18.3 Å². The van der Waals surface area contributed by atoms with Gasteiger partial charge < -0.3 is 9.15 Å². The number of ether oxygens (including phenoxy) is 1. The Bertz CT molecular complexity index is 1040. The fourth-order valence-electron chi connectivity index (χ4n) is 2.24. The van der Waals surface area contributed by atoms with Gasteiger partial charge in [0.25, 0.3) is 5.09 Å². The van der Waals surface area contributed by atoms with Gasteiger partial charge in [-0.3, -0.25) is 0 Å². The van der Waals surface area contributed by atoms with Gasteiger partial charge in [0.1, 0.15) is 11.8 Å². The summed E-state index contributed by atoms with van der Waals surface area (Å²) in [6.07, 6.45) is 0. The molecule has 0 aliphatic heterocycles. The molecule has 25 heavy (non-hydrogen) atoms. The van der Waals surface area contributed by atoms with Crippen molar-refractivity contribution < 1.29 is 17.6 Å². The maximum atomic E-state index is 12.8. The van der Waals surface area contributed by atoms with Crippen LogP contribution in [0.4, 0.5) is 0 Å². The van der Waals surface area contributed by atoms with Crippen LogP contribution in [0.3, 0.4) is 0 Å². The smallest absolute Gasteiger partial charge is 0.261 e. The first-order valence-corrected chi connectivity index (χ1v) is 8.81. The quantitative estimate of drug-likeness (QED) is 0.713. The second-order valence-corrected chi connectivity index (χ2v) is 7.16. The summed E-state index contributed by atoms with van der Waals surface area (Å²) in [4.78, 5) is 4.06. The first-order valence-electron chi connectivity index (χ1n) is 7.33. The summed E-state index contributed by atoms with van der Waals surface area (Å²) < 4.78 is 36.1. The largest absolute Gasteiger partial charge is 0.497 e. The molecule has 0 radical (unpaired) electrons. The van der Waals surface area contributed by atoms with Crippen LogP contribution < -0.4 is 4.74 Å². The van der Waals surface area contributed by atoms with Crippen LogP contribution in [0.5, 0.6) is 5.75 Å². The SMILES string of the molecule is COc1ccc(-c2nc(C#N)c(S(=O)(=O)c3ccc(C)cc3)o2)cc1. The molecule has 3 rings (SSSR count). The zero-order valence-corrected chi connectivity index (χ0v) is 14.4. The molecule has 0 aliphatic rings. The lowest BCUT2D eigenvalue weighted by Crippen LogP contribution is -2.02. The number of oxazole rings is 1. The summed E-state index contributed by atoms with van der Waals surface area (Å²) in [5.41, 5.74) is 1.20. The van der Waals surface area contributed by atoms with Crippen LogP contribution in [0.2, 0.25) is 0 Å². The van der Waals surface area contributed by atoms with Gasteiger partial charge in [-0.05, 0) is 43.3 Å². The third-order valence-corrected chi connectivity index (χ3v) is 5.27. The van der Waals surface area contributed by atoms with Crippen LogP contribution in [0.15, 0.2) is 62.9 Å². The Morgan fingerprint density at radius 2 is 1.72 bits per heavy atom. The lowest BCUT2D eigenvalue weighted by molar-refractivity contribution is 0.414. The minimum atomic E-state index is -3.97. The molecular formula is C18H14N2O4S. The molecule has 1 heterocycles. The normalized spacial score (nSPS) is 11.1. The molecule has 0 saturated heterocycles. The lowest BCUT2D eigenvalue weighted by Gasteiger charge is -2.02. The van der Waals surface area contributed by atoms with Crippen molar-refractivity contribution in [2.24, 2.45) is 0 Å². The Hall–Kier alpha value is -3.11. The van der Waals surface area contributed by atoms with E-state index in [1.165, 1.54) is 12.1 Å². The van der Waals surface area contributed by atoms with E-state index in [1.54, 1.807) is 49.6 Å². The van der Waals surface area contributed by atoms with Gasteiger partial charge in [-0.15, -0.1) is 0 Å².